The number of hydrogen-bond acceptors (Lipinski definition) is 3. The molecule has 3 rings (SSSR count). The molecule has 0 unspecified atom stereocenters. The molecule has 2 aromatic carbocycles. The van der Waals surface area contributed by atoms with Gasteiger partial charge >= 0.3 is 0 Å². The van der Waals surface area contributed by atoms with E-state index in [1.54, 1.807) is 11.1 Å². The van der Waals surface area contributed by atoms with Gasteiger partial charge in [0.15, 0.2) is 0 Å². The van der Waals surface area contributed by atoms with Gasteiger partial charge in [0.1, 0.15) is 0 Å². The predicted octanol–water partition coefficient (Wildman–Crippen LogP) is 4.28. The summed E-state index contributed by atoms with van der Waals surface area (Å²) < 4.78 is 1.82. The Kier molecular flexibility index (Phi) is 5.79. The standard InChI is InChI=1S/C19H18ClN3OS/c1-22(19(24)14-25-18-9-7-16(20)8-10-18)12-15-11-21-23(13-15)17-5-3-2-4-6-17/h2-11,13H,12,14H2,1H3. The maximum Gasteiger partial charge on any atom is 0.232 e. The third-order valence-corrected chi connectivity index (χ3v) is 4.93. The summed E-state index contributed by atoms with van der Waals surface area (Å²) in [5.41, 5.74) is 2.00. The number of rotatable bonds is 6. The highest BCUT2D eigenvalue weighted by Gasteiger charge is 2.11. The molecule has 0 saturated heterocycles. The average Bonchev–Trinajstić information content (AvgIpc) is 3.10. The lowest BCUT2D eigenvalue weighted by Gasteiger charge is -2.16. The number of amides is 1. The van der Waals surface area contributed by atoms with E-state index in [1.807, 2.05) is 72.5 Å². The number of para-hydroxylation sites is 1. The van der Waals surface area contributed by atoms with Crippen molar-refractivity contribution < 1.29 is 4.79 Å². The van der Waals surface area contributed by atoms with Gasteiger partial charge in [-0.25, -0.2) is 4.68 Å². The molecule has 6 heteroatoms. The summed E-state index contributed by atoms with van der Waals surface area (Å²) >= 11 is 7.38. The largest absolute Gasteiger partial charge is 0.341 e. The van der Waals surface area contributed by atoms with Crippen LogP contribution in [0, 0.1) is 0 Å². The molecule has 0 saturated carbocycles. The molecule has 4 nitrogen and oxygen atoms in total. The molecule has 25 heavy (non-hydrogen) atoms. The second-order valence-electron chi connectivity index (χ2n) is 5.62. The normalized spacial score (nSPS) is 10.6. The van der Waals surface area contributed by atoms with E-state index < -0.39 is 0 Å². The van der Waals surface area contributed by atoms with Crippen LogP contribution >= 0.6 is 23.4 Å². The molecule has 0 atom stereocenters. The van der Waals surface area contributed by atoms with Crippen LogP contribution in [0.4, 0.5) is 0 Å². The summed E-state index contributed by atoms with van der Waals surface area (Å²) in [4.78, 5) is 15.1. The summed E-state index contributed by atoms with van der Waals surface area (Å²) in [5, 5.41) is 5.06. The van der Waals surface area contributed by atoms with Crippen molar-refractivity contribution in [3.63, 3.8) is 0 Å². The van der Waals surface area contributed by atoms with Crippen LogP contribution in [-0.2, 0) is 11.3 Å². The van der Waals surface area contributed by atoms with Crippen molar-refractivity contribution >= 4 is 29.3 Å². The van der Waals surface area contributed by atoms with E-state index in [9.17, 15) is 4.79 Å². The zero-order valence-corrected chi connectivity index (χ0v) is 15.4. The lowest BCUT2D eigenvalue weighted by atomic mass is 10.3. The van der Waals surface area contributed by atoms with Crippen LogP contribution in [0.1, 0.15) is 5.56 Å². The molecule has 0 aliphatic carbocycles. The molecule has 0 bridgehead atoms. The Hall–Kier alpha value is -2.24. The van der Waals surface area contributed by atoms with Crippen molar-refractivity contribution in [2.45, 2.75) is 11.4 Å². The summed E-state index contributed by atoms with van der Waals surface area (Å²) in [7, 11) is 1.81. The van der Waals surface area contributed by atoms with E-state index in [0.717, 1.165) is 16.1 Å². The first-order chi connectivity index (χ1) is 12.1. The van der Waals surface area contributed by atoms with Gasteiger partial charge in [0.2, 0.25) is 5.91 Å². The predicted molar refractivity (Wildman–Crippen MR) is 102 cm³/mol. The van der Waals surface area contributed by atoms with E-state index in [4.69, 9.17) is 11.6 Å². The number of carbonyl (C=O) groups excluding carboxylic acids is 1. The summed E-state index contributed by atoms with van der Waals surface area (Å²) in [6, 6.07) is 17.4. The highest BCUT2D eigenvalue weighted by atomic mass is 35.5. The van der Waals surface area contributed by atoms with Gasteiger partial charge in [0.25, 0.3) is 0 Å². The molecule has 1 heterocycles. The van der Waals surface area contributed by atoms with E-state index in [0.29, 0.717) is 17.3 Å². The van der Waals surface area contributed by atoms with Crippen LogP contribution in [0.3, 0.4) is 0 Å². The smallest absolute Gasteiger partial charge is 0.232 e. The topological polar surface area (TPSA) is 38.1 Å². The van der Waals surface area contributed by atoms with Crippen LogP contribution in [0.5, 0.6) is 0 Å². The van der Waals surface area contributed by atoms with Crippen molar-refractivity contribution in [3.05, 3.63) is 77.6 Å². The fraction of sp³-hybridized carbons (Fsp3) is 0.158. The van der Waals surface area contributed by atoms with Gasteiger partial charge in [-0.15, -0.1) is 11.8 Å². The van der Waals surface area contributed by atoms with Crippen LogP contribution in [0.25, 0.3) is 5.69 Å². The molecule has 0 fully saturated rings. The number of benzene rings is 2. The van der Waals surface area contributed by atoms with Gasteiger partial charge in [-0.3, -0.25) is 4.79 Å². The number of hydrogen-bond donors (Lipinski definition) is 0. The Bertz CT molecular complexity index is 833. The Morgan fingerprint density at radius 3 is 2.60 bits per heavy atom. The minimum Gasteiger partial charge on any atom is -0.341 e. The third kappa shape index (κ3) is 4.87. The van der Waals surface area contributed by atoms with E-state index >= 15 is 0 Å². The molecule has 0 aliphatic heterocycles. The van der Waals surface area contributed by atoms with Crippen molar-refractivity contribution in [1.29, 1.82) is 0 Å². The Labute approximate surface area is 156 Å². The van der Waals surface area contributed by atoms with Crippen molar-refractivity contribution in [1.82, 2.24) is 14.7 Å². The molecule has 0 aliphatic rings. The third-order valence-electron chi connectivity index (χ3n) is 3.68. The summed E-state index contributed by atoms with van der Waals surface area (Å²) in [6.07, 6.45) is 3.74. The SMILES string of the molecule is CN(Cc1cnn(-c2ccccc2)c1)C(=O)CSc1ccc(Cl)cc1. The van der Waals surface area contributed by atoms with Gasteiger partial charge in [0, 0.05) is 35.3 Å². The zero-order valence-electron chi connectivity index (χ0n) is 13.8. The highest BCUT2D eigenvalue weighted by Crippen LogP contribution is 2.20. The number of halogens is 1. The second kappa shape index (κ2) is 8.23. The fourth-order valence-corrected chi connectivity index (χ4v) is 3.28. The van der Waals surface area contributed by atoms with Crippen LogP contribution in [0.2, 0.25) is 5.02 Å². The fourth-order valence-electron chi connectivity index (χ4n) is 2.31. The van der Waals surface area contributed by atoms with Crippen LogP contribution in [-0.4, -0.2) is 33.4 Å². The Balaban J connectivity index is 1.54. The minimum absolute atomic E-state index is 0.0763. The molecule has 0 radical (unpaired) electrons. The molecule has 0 N–H and O–H groups in total. The Morgan fingerprint density at radius 1 is 1.16 bits per heavy atom. The van der Waals surface area contributed by atoms with Gasteiger partial charge in [0.05, 0.1) is 17.6 Å². The molecule has 1 aromatic heterocycles. The van der Waals surface area contributed by atoms with Crippen molar-refractivity contribution in [2.24, 2.45) is 0 Å². The second-order valence-corrected chi connectivity index (χ2v) is 7.11. The Morgan fingerprint density at radius 2 is 1.88 bits per heavy atom. The molecular weight excluding hydrogens is 354 g/mol. The van der Waals surface area contributed by atoms with Crippen LogP contribution < -0.4 is 0 Å². The molecule has 3 aromatic rings. The minimum atomic E-state index is 0.0763. The lowest BCUT2D eigenvalue weighted by molar-refractivity contribution is -0.127. The molecular formula is C19H18ClN3OS. The van der Waals surface area contributed by atoms with Gasteiger partial charge in [-0.1, -0.05) is 29.8 Å². The first kappa shape index (κ1) is 17.6. The number of thioether (sulfide) groups is 1. The maximum absolute atomic E-state index is 12.3. The number of carbonyl (C=O) groups is 1. The first-order valence-electron chi connectivity index (χ1n) is 7.83. The maximum atomic E-state index is 12.3. The van der Waals surface area contributed by atoms with Crippen LogP contribution in [0.15, 0.2) is 71.9 Å². The summed E-state index contributed by atoms with van der Waals surface area (Å²) in [6.45, 7) is 0.535. The molecule has 0 spiro atoms. The zero-order chi connectivity index (χ0) is 17.6. The van der Waals surface area contributed by atoms with E-state index in [-0.39, 0.29) is 5.91 Å². The number of aromatic nitrogens is 2. The first-order valence-corrected chi connectivity index (χ1v) is 9.19. The average molecular weight is 372 g/mol. The van der Waals surface area contributed by atoms with E-state index in [2.05, 4.69) is 5.10 Å². The van der Waals surface area contributed by atoms with Gasteiger partial charge in [-0.2, -0.15) is 5.10 Å². The monoisotopic (exact) mass is 371 g/mol. The van der Waals surface area contributed by atoms with Gasteiger partial charge in [-0.05, 0) is 36.4 Å². The van der Waals surface area contributed by atoms with Crippen molar-refractivity contribution in [2.75, 3.05) is 12.8 Å². The van der Waals surface area contributed by atoms with Crippen molar-refractivity contribution in [3.8, 4) is 5.69 Å². The quantitative estimate of drug-likeness (QED) is 0.607. The molecule has 128 valence electrons. The lowest BCUT2D eigenvalue weighted by Crippen LogP contribution is -2.27. The summed E-state index contributed by atoms with van der Waals surface area (Å²) in [5.74, 6) is 0.470. The number of nitrogens with zero attached hydrogens (tertiary/aromatic N) is 3. The van der Waals surface area contributed by atoms with Gasteiger partial charge < -0.3 is 4.90 Å². The molecule has 1 amide bonds. The van der Waals surface area contributed by atoms with E-state index in [1.165, 1.54) is 11.8 Å². The highest BCUT2D eigenvalue weighted by molar-refractivity contribution is 8.00.